The van der Waals surface area contributed by atoms with Gasteiger partial charge in [0.25, 0.3) is 0 Å². The molecule has 0 fully saturated rings. The van der Waals surface area contributed by atoms with Gasteiger partial charge in [-0.2, -0.15) is 0 Å². The van der Waals surface area contributed by atoms with Gasteiger partial charge in [0.2, 0.25) is 0 Å². The fraction of sp³-hybridized carbons (Fsp3) is 0.455. The molecule has 84 valence electrons. The lowest BCUT2D eigenvalue weighted by atomic mass is 10.0. The van der Waals surface area contributed by atoms with E-state index in [1.54, 1.807) is 0 Å². The van der Waals surface area contributed by atoms with E-state index in [4.69, 9.17) is 5.73 Å². The Hall–Kier alpha value is -0.710. The molecule has 0 bridgehead atoms. The molecule has 1 rings (SSSR count). The van der Waals surface area contributed by atoms with Crippen molar-refractivity contribution in [2.24, 2.45) is 5.73 Å². The Balaban J connectivity index is 2.80. The maximum absolute atomic E-state index is 11.2. The fourth-order valence-corrected chi connectivity index (χ4v) is 2.27. The highest BCUT2D eigenvalue weighted by molar-refractivity contribution is 7.80. The molecule has 0 aliphatic rings. The number of nitrogens with two attached hydrogens (primary N) is 1. The van der Waals surface area contributed by atoms with Crippen LogP contribution in [-0.2, 0) is 17.5 Å². The molecule has 0 saturated heterocycles. The molecule has 1 aromatic carbocycles. The van der Waals surface area contributed by atoms with Gasteiger partial charge in [-0.15, -0.1) is 0 Å². The number of rotatable bonds is 5. The summed E-state index contributed by atoms with van der Waals surface area (Å²) in [4.78, 5) is -1.02. The van der Waals surface area contributed by atoms with E-state index >= 15 is 0 Å². The minimum absolute atomic E-state index is 0.435. The smallest absolute Gasteiger partial charge is 0.173 e. The van der Waals surface area contributed by atoms with Crippen molar-refractivity contribution in [2.75, 3.05) is 0 Å². The highest BCUT2D eigenvalue weighted by Crippen LogP contribution is 2.19. The van der Waals surface area contributed by atoms with Crippen LogP contribution in [0.25, 0.3) is 0 Å². The van der Waals surface area contributed by atoms with E-state index in [2.05, 4.69) is 0 Å². The maximum Gasteiger partial charge on any atom is 0.173 e. The summed E-state index contributed by atoms with van der Waals surface area (Å²) in [7, 11) is 0. The van der Waals surface area contributed by atoms with E-state index in [9.17, 15) is 8.76 Å². The molecule has 1 aromatic rings. The zero-order valence-corrected chi connectivity index (χ0v) is 9.67. The Labute approximate surface area is 93.0 Å². The predicted molar refractivity (Wildman–Crippen MR) is 62.7 cm³/mol. The Kier molecular flexibility index (Phi) is 4.45. The molecule has 0 aliphatic heterocycles. The summed E-state index contributed by atoms with van der Waals surface area (Å²) in [5, 5.41) is 0. The summed E-state index contributed by atoms with van der Waals surface area (Å²) in [5.74, 6) is 0. The summed E-state index contributed by atoms with van der Waals surface area (Å²) in [5.41, 5.74) is 6.93. The first-order valence-corrected chi connectivity index (χ1v) is 6.13. The SMILES string of the molecule is CCCC(N)(Cc1ccccc1)S(=O)O. The van der Waals surface area contributed by atoms with Crippen LogP contribution in [0.3, 0.4) is 0 Å². The van der Waals surface area contributed by atoms with Crippen molar-refractivity contribution >= 4 is 11.1 Å². The molecule has 2 unspecified atom stereocenters. The zero-order chi connectivity index (χ0) is 11.3. The Bertz CT molecular complexity index is 329. The fourth-order valence-electron chi connectivity index (χ4n) is 1.60. The molecule has 0 aliphatic carbocycles. The molecule has 0 amide bonds. The largest absolute Gasteiger partial charge is 0.312 e. The van der Waals surface area contributed by atoms with Gasteiger partial charge >= 0.3 is 0 Å². The van der Waals surface area contributed by atoms with Gasteiger partial charge in [0.1, 0.15) is 4.87 Å². The van der Waals surface area contributed by atoms with Crippen LogP contribution in [-0.4, -0.2) is 13.6 Å². The third kappa shape index (κ3) is 3.41. The second-order valence-corrected chi connectivity index (χ2v) is 5.04. The quantitative estimate of drug-likeness (QED) is 0.755. The van der Waals surface area contributed by atoms with E-state index in [0.717, 1.165) is 12.0 Å². The molecule has 3 N–H and O–H groups in total. The summed E-state index contributed by atoms with van der Waals surface area (Å²) in [6.45, 7) is 1.96. The van der Waals surface area contributed by atoms with Crippen LogP contribution in [0.15, 0.2) is 30.3 Å². The van der Waals surface area contributed by atoms with E-state index in [1.807, 2.05) is 37.3 Å². The van der Waals surface area contributed by atoms with Crippen molar-refractivity contribution < 1.29 is 8.76 Å². The number of hydrogen-bond acceptors (Lipinski definition) is 2. The molecule has 0 heterocycles. The van der Waals surface area contributed by atoms with Crippen LogP contribution in [0.4, 0.5) is 0 Å². The monoisotopic (exact) mass is 227 g/mol. The van der Waals surface area contributed by atoms with Crippen molar-refractivity contribution in [3.63, 3.8) is 0 Å². The molecule has 2 atom stereocenters. The van der Waals surface area contributed by atoms with Crippen molar-refractivity contribution in [2.45, 2.75) is 31.1 Å². The van der Waals surface area contributed by atoms with Crippen LogP contribution < -0.4 is 5.73 Å². The van der Waals surface area contributed by atoms with Crippen LogP contribution in [0, 0.1) is 0 Å². The van der Waals surface area contributed by atoms with Gasteiger partial charge in [-0.1, -0.05) is 43.7 Å². The number of hydrogen-bond donors (Lipinski definition) is 2. The lowest BCUT2D eigenvalue weighted by molar-refractivity contribution is 0.461. The van der Waals surface area contributed by atoms with Gasteiger partial charge in [0, 0.05) is 6.42 Å². The highest BCUT2D eigenvalue weighted by atomic mass is 32.2. The standard InChI is InChI=1S/C11H17NO2S/c1-2-8-11(12,15(13)14)9-10-6-4-3-5-7-10/h3-7H,2,8-9,12H2,1H3,(H,13,14). The third-order valence-electron chi connectivity index (χ3n) is 2.37. The minimum atomic E-state index is -1.99. The lowest BCUT2D eigenvalue weighted by Crippen LogP contribution is -2.46. The summed E-state index contributed by atoms with van der Waals surface area (Å²) < 4.78 is 20.4. The predicted octanol–water partition coefficient (Wildman–Crippen LogP) is 1.91. The Morgan fingerprint density at radius 1 is 1.40 bits per heavy atom. The molecule has 3 nitrogen and oxygen atoms in total. The summed E-state index contributed by atoms with van der Waals surface area (Å²) in [6, 6.07) is 9.57. The maximum atomic E-state index is 11.2. The van der Waals surface area contributed by atoms with Gasteiger partial charge in [0.05, 0.1) is 0 Å². The molecular formula is C11H17NO2S. The van der Waals surface area contributed by atoms with E-state index in [-0.39, 0.29) is 0 Å². The molecule has 15 heavy (non-hydrogen) atoms. The normalized spacial score (nSPS) is 17.0. The zero-order valence-electron chi connectivity index (χ0n) is 8.85. The molecular weight excluding hydrogens is 210 g/mol. The van der Waals surface area contributed by atoms with Crippen LogP contribution >= 0.6 is 0 Å². The van der Waals surface area contributed by atoms with E-state index in [0.29, 0.717) is 12.8 Å². The first-order chi connectivity index (χ1) is 7.08. The van der Waals surface area contributed by atoms with Crippen molar-refractivity contribution in [3.05, 3.63) is 35.9 Å². The van der Waals surface area contributed by atoms with Gasteiger partial charge in [-0.05, 0) is 12.0 Å². The topological polar surface area (TPSA) is 63.3 Å². The van der Waals surface area contributed by atoms with Crippen molar-refractivity contribution in [1.29, 1.82) is 0 Å². The Morgan fingerprint density at radius 3 is 2.47 bits per heavy atom. The van der Waals surface area contributed by atoms with Crippen LogP contribution in [0.1, 0.15) is 25.3 Å². The van der Waals surface area contributed by atoms with Crippen molar-refractivity contribution in [1.82, 2.24) is 0 Å². The Morgan fingerprint density at radius 2 is 2.00 bits per heavy atom. The average molecular weight is 227 g/mol. The van der Waals surface area contributed by atoms with Crippen molar-refractivity contribution in [3.8, 4) is 0 Å². The van der Waals surface area contributed by atoms with Crippen LogP contribution in [0.5, 0.6) is 0 Å². The average Bonchev–Trinajstić information content (AvgIpc) is 2.19. The van der Waals surface area contributed by atoms with Crippen LogP contribution in [0.2, 0.25) is 0 Å². The van der Waals surface area contributed by atoms with Gasteiger partial charge < -0.3 is 10.3 Å². The first-order valence-electron chi connectivity index (χ1n) is 5.02. The van der Waals surface area contributed by atoms with E-state index < -0.39 is 16.0 Å². The van der Waals surface area contributed by atoms with Gasteiger partial charge in [0.15, 0.2) is 11.1 Å². The summed E-state index contributed by atoms with van der Waals surface area (Å²) >= 11 is -1.99. The lowest BCUT2D eigenvalue weighted by Gasteiger charge is -2.24. The molecule has 4 heteroatoms. The van der Waals surface area contributed by atoms with E-state index in [1.165, 1.54) is 0 Å². The van der Waals surface area contributed by atoms with Gasteiger partial charge in [-0.3, -0.25) is 0 Å². The second kappa shape index (κ2) is 5.39. The minimum Gasteiger partial charge on any atom is -0.312 e. The molecule has 0 aromatic heterocycles. The first kappa shape index (κ1) is 12.4. The molecule has 0 radical (unpaired) electrons. The highest BCUT2D eigenvalue weighted by Gasteiger charge is 2.30. The third-order valence-corrected chi connectivity index (χ3v) is 3.41. The number of benzene rings is 1. The second-order valence-electron chi connectivity index (χ2n) is 3.73. The molecule has 0 spiro atoms. The molecule has 0 saturated carbocycles. The summed E-state index contributed by atoms with van der Waals surface area (Å²) in [6.07, 6.45) is 1.78. The van der Waals surface area contributed by atoms with Gasteiger partial charge in [-0.25, -0.2) is 4.21 Å².